The number of fused-ring (bicyclic) bond motifs is 1. The number of amides is 1. The molecule has 3 N–H and O–H groups in total. The Kier molecular flexibility index (Phi) is 8.56. The van der Waals surface area contributed by atoms with Crippen molar-refractivity contribution < 1.29 is 32.6 Å². The molecule has 2 unspecified atom stereocenters. The highest BCUT2D eigenvalue weighted by Gasteiger charge is 2.45. The number of aromatic amines is 1. The number of aromatic nitrogens is 3. The third kappa shape index (κ3) is 6.56. The summed E-state index contributed by atoms with van der Waals surface area (Å²) in [6.45, 7) is 1.19. The monoisotopic (exact) mass is 538 g/mol. The first kappa shape index (κ1) is 28.4. The maximum Gasteiger partial charge on any atom is 0.416 e. The van der Waals surface area contributed by atoms with Gasteiger partial charge in [-0.05, 0) is 17.5 Å². The van der Waals surface area contributed by atoms with Crippen LogP contribution in [0, 0.1) is 5.92 Å². The average molecular weight is 538 g/mol. The summed E-state index contributed by atoms with van der Waals surface area (Å²) in [7, 11) is 0. The van der Waals surface area contributed by atoms with Gasteiger partial charge in [-0.3, -0.25) is 19.2 Å². The quantitative estimate of drug-likeness (QED) is 0.339. The Morgan fingerprint density at radius 1 is 1.05 bits per heavy atom. The molecule has 2 atom stereocenters. The summed E-state index contributed by atoms with van der Waals surface area (Å²) in [6, 6.07) is 8.15. The molecule has 0 aliphatic carbocycles. The first-order valence-electron chi connectivity index (χ1n) is 11.4. The van der Waals surface area contributed by atoms with E-state index in [-0.39, 0.29) is 12.0 Å². The molecule has 0 radical (unpaired) electrons. The molecule has 204 valence electrons. The fourth-order valence-corrected chi connectivity index (χ4v) is 3.67. The van der Waals surface area contributed by atoms with Gasteiger partial charge in [-0.1, -0.05) is 44.2 Å². The minimum atomic E-state index is -4.98. The molecular formula is C24H25F3N4O7. The van der Waals surface area contributed by atoms with Gasteiger partial charge >= 0.3 is 17.8 Å². The van der Waals surface area contributed by atoms with Crippen LogP contribution in [0.15, 0.2) is 57.0 Å². The molecule has 14 heteroatoms. The van der Waals surface area contributed by atoms with E-state index in [9.17, 15) is 42.3 Å². The van der Waals surface area contributed by atoms with E-state index in [1.54, 1.807) is 30.3 Å². The Labute approximate surface area is 212 Å². The lowest BCUT2D eigenvalue weighted by atomic mass is 9.98. The highest BCUT2D eigenvalue weighted by atomic mass is 19.4. The molecule has 2 heterocycles. The zero-order chi connectivity index (χ0) is 28.2. The number of aliphatic hydroxyl groups excluding tert-OH is 1. The van der Waals surface area contributed by atoms with Gasteiger partial charge in [-0.2, -0.15) is 13.2 Å². The molecular weight excluding hydrogens is 513 g/mol. The van der Waals surface area contributed by atoms with Crippen molar-refractivity contribution in [1.82, 2.24) is 19.4 Å². The van der Waals surface area contributed by atoms with Gasteiger partial charge in [-0.25, -0.2) is 9.36 Å². The first-order valence-corrected chi connectivity index (χ1v) is 11.4. The number of hydrogen-bond acceptors (Lipinski definition) is 7. The van der Waals surface area contributed by atoms with Gasteiger partial charge < -0.3 is 24.7 Å². The molecule has 3 aromatic rings. The van der Waals surface area contributed by atoms with Crippen molar-refractivity contribution in [3.63, 3.8) is 0 Å². The van der Waals surface area contributed by atoms with Gasteiger partial charge in [0.25, 0.3) is 11.1 Å². The molecule has 3 rings (SSSR count). The van der Waals surface area contributed by atoms with Crippen molar-refractivity contribution in [3.8, 4) is 0 Å². The highest BCUT2D eigenvalue weighted by molar-refractivity contribution is 5.79. The normalized spacial score (nSPS) is 13.3. The van der Waals surface area contributed by atoms with Crippen LogP contribution < -0.4 is 22.1 Å². The summed E-state index contributed by atoms with van der Waals surface area (Å²) in [5.41, 5.74) is -2.77. The maximum atomic E-state index is 12.9. The van der Waals surface area contributed by atoms with Crippen LogP contribution in [0.3, 0.4) is 0 Å². The molecule has 0 aliphatic rings. The number of rotatable bonds is 9. The average Bonchev–Trinajstić information content (AvgIpc) is 2.85. The number of benzene rings is 1. The number of alkyl halides is 3. The summed E-state index contributed by atoms with van der Waals surface area (Å²) in [5.74, 6) is -2.67. The molecule has 1 amide bonds. The lowest BCUT2D eigenvalue weighted by Crippen LogP contribution is -2.53. The van der Waals surface area contributed by atoms with Gasteiger partial charge in [0.05, 0.1) is 11.4 Å². The molecule has 0 bridgehead atoms. The van der Waals surface area contributed by atoms with E-state index in [0.717, 1.165) is 16.8 Å². The van der Waals surface area contributed by atoms with Crippen LogP contribution in [0.2, 0.25) is 0 Å². The lowest BCUT2D eigenvalue weighted by Gasteiger charge is -2.28. The van der Waals surface area contributed by atoms with Crippen molar-refractivity contribution in [1.29, 1.82) is 0 Å². The first-order chi connectivity index (χ1) is 17.8. The van der Waals surface area contributed by atoms with Gasteiger partial charge in [0, 0.05) is 6.20 Å². The number of pyridine rings is 1. The van der Waals surface area contributed by atoms with Crippen LogP contribution in [0.25, 0.3) is 10.9 Å². The fourth-order valence-electron chi connectivity index (χ4n) is 3.67. The third-order valence-corrected chi connectivity index (χ3v) is 5.68. The summed E-state index contributed by atoms with van der Waals surface area (Å²) < 4.78 is 45.2. The summed E-state index contributed by atoms with van der Waals surface area (Å²) in [4.78, 5) is 64.9. The van der Waals surface area contributed by atoms with Crippen molar-refractivity contribution in [2.75, 3.05) is 0 Å². The number of halogens is 3. The standard InChI is InChI=1S/C24H25F3N4O7/c1-13(2)18(20(34)24(25,26)27)28-16(32)10-30-9-8-15-19(22(30)36)29-23(37)31(21(15)35)11-17(33)38-12-14-6-4-3-5-7-14/h3-9,13,18,20,34H,10-12H2,1-2H3,(H,28,32)(H,29,37). The van der Waals surface area contributed by atoms with Crippen LogP contribution in [-0.4, -0.2) is 49.4 Å². The number of aliphatic hydroxyl groups is 1. The van der Waals surface area contributed by atoms with Crippen molar-refractivity contribution in [3.05, 3.63) is 79.4 Å². The Balaban J connectivity index is 1.80. The Morgan fingerprint density at radius 3 is 2.32 bits per heavy atom. The van der Waals surface area contributed by atoms with Gasteiger partial charge in [-0.15, -0.1) is 0 Å². The molecule has 2 aromatic heterocycles. The second kappa shape index (κ2) is 11.5. The number of ether oxygens (including phenoxy) is 1. The lowest BCUT2D eigenvalue weighted by molar-refractivity contribution is -0.215. The van der Waals surface area contributed by atoms with E-state index >= 15 is 0 Å². The van der Waals surface area contributed by atoms with E-state index in [4.69, 9.17) is 4.74 Å². The maximum absolute atomic E-state index is 12.9. The number of H-pyrrole nitrogens is 1. The smallest absolute Gasteiger partial charge is 0.416 e. The number of carbonyl (C=O) groups is 2. The van der Waals surface area contributed by atoms with Crippen LogP contribution in [-0.2, 0) is 34.0 Å². The van der Waals surface area contributed by atoms with Gasteiger partial charge in [0.2, 0.25) is 5.91 Å². The highest BCUT2D eigenvalue weighted by Crippen LogP contribution is 2.25. The molecule has 0 spiro atoms. The van der Waals surface area contributed by atoms with E-state index in [0.29, 0.717) is 10.1 Å². The molecule has 0 fully saturated rings. The van der Waals surface area contributed by atoms with Crippen molar-refractivity contribution >= 4 is 22.8 Å². The third-order valence-electron chi connectivity index (χ3n) is 5.68. The minimum Gasteiger partial charge on any atom is -0.459 e. The zero-order valence-corrected chi connectivity index (χ0v) is 20.3. The van der Waals surface area contributed by atoms with E-state index in [2.05, 4.69) is 10.3 Å². The second-order valence-electron chi connectivity index (χ2n) is 8.83. The minimum absolute atomic E-state index is 0.0790. The van der Waals surface area contributed by atoms with Crippen molar-refractivity contribution in [2.45, 2.75) is 51.9 Å². The summed E-state index contributed by atoms with van der Waals surface area (Å²) >= 11 is 0. The Bertz CT molecular complexity index is 1490. The van der Waals surface area contributed by atoms with Crippen LogP contribution >= 0.6 is 0 Å². The predicted octanol–water partition coefficient (Wildman–Crippen LogP) is 0.659. The SMILES string of the molecule is CC(C)C(NC(=O)Cn1ccc2c(=O)n(CC(=O)OCc3ccccc3)c(=O)[nH]c2c1=O)C(O)C(F)(F)F. The molecule has 11 nitrogen and oxygen atoms in total. The van der Waals surface area contributed by atoms with E-state index in [1.807, 2.05) is 0 Å². The molecule has 0 saturated carbocycles. The zero-order valence-electron chi connectivity index (χ0n) is 20.3. The van der Waals surface area contributed by atoms with Gasteiger partial charge in [0.15, 0.2) is 6.10 Å². The van der Waals surface area contributed by atoms with Crippen LogP contribution in [0.1, 0.15) is 19.4 Å². The summed E-state index contributed by atoms with van der Waals surface area (Å²) in [5, 5.41) is 11.4. The molecule has 1 aromatic carbocycles. The fraction of sp³-hybridized carbons (Fsp3) is 0.375. The number of esters is 1. The number of carbonyl (C=O) groups excluding carboxylic acids is 2. The van der Waals surface area contributed by atoms with Crippen LogP contribution in [0.4, 0.5) is 13.2 Å². The topological polar surface area (TPSA) is 152 Å². The van der Waals surface area contributed by atoms with Gasteiger partial charge in [0.1, 0.15) is 25.2 Å². The number of nitrogens with one attached hydrogen (secondary N) is 2. The number of nitrogens with zero attached hydrogens (tertiary/aromatic N) is 2. The second-order valence-corrected chi connectivity index (χ2v) is 8.83. The number of hydrogen-bond donors (Lipinski definition) is 3. The van der Waals surface area contributed by atoms with Crippen molar-refractivity contribution in [2.24, 2.45) is 5.92 Å². The molecule has 0 aliphatic heterocycles. The Morgan fingerprint density at radius 2 is 1.71 bits per heavy atom. The predicted molar refractivity (Wildman–Crippen MR) is 128 cm³/mol. The molecule has 0 saturated heterocycles. The Hall–Kier alpha value is -4.20. The summed E-state index contributed by atoms with van der Waals surface area (Å²) in [6.07, 6.45) is -6.75. The van der Waals surface area contributed by atoms with Crippen LogP contribution in [0.5, 0.6) is 0 Å². The van der Waals surface area contributed by atoms with E-state index < -0.39 is 71.5 Å². The van der Waals surface area contributed by atoms with E-state index in [1.165, 1.54) is 13.8 Å². The molecule has 38 heavy (non-hydrogen) atoms. The largest absolute Gasteiger partial charge is 0.459 e.